The fraction of sp³-hybridized carbons (Fsp3) is 0.0909. The van der Waals surface area contributed by atoms with Crippen LogP contribution in [0.3, 0.4) is 0 Å². The highest BCUT2D eigenvalue weighted by Gasteiger charge is 2.20. The van der Waals surface area contributed by atoms with E-state index < -0.39 is 0 Å². The molecule has 1 aliphatic rings. The minimum Gasteiger partial charge on any atom is -0.496 e. The Morgan fingerprint density at radius 2 is 2.29 bits per heavy atom. The van der Waals surface area contributed by atoms with Crippen LogP contribution in [0.25, 0.3) is 6.08 Å². The van der Waals surface area contributed by atoms with E-state index in [2.05, 4.69) is 4.99 Å². The van der Waals surface area contributed by atoms with E-state index in [-0.39, 0.29) is 11.1 Å². The molecular weight excluding hydrogens is 260 g/mol. The summed E-state index contributed by atoms with van der Waals surface area (Å²) in [5, 5.41) is 0.823. The number of benzene rings is 1. The molecule has 0 bridgehead atoms. The second-order valence-electron chi connectivity index (χ2n) is 3.25. The molecule has 88 valence electrons. The molecule has 1 aliphatic heterocycles. The van der Waals surface area contributed by atoms with E-state index in [4.69, 9.17) is 22.1 Å². The van der Waals surface area contributed by atoms with Gasteiger partial charge in [0.25, 0.3) is 5.91 Å². The number of methoxy groups -OCH3 is 1. The second kappa shape index (κ2) is 4.81. The van der Waals surface area contributed by atoms with E-state index in [0.29, 0.717) is 15.7 Å². The van der Waals surface area contributed by atoms with E-state index in [9.17, 15) is 4.79 Å². The van der Waals surface area contributed by atoms with Crippen molar-refractivity contribution in [3.8, 4) is 5.75 Å². The van der Waals surface area contributed by atoms with Crippen molar-refractivity contribution in [2.45, 2.75) is 0 Å². The van der Waals surface area contributed by atoms with Crippen molar-refractivity contribution in [2.24, 2.45) is 10.7 Å². The molecule has 1 amide bonds. The van der Waals surface area contributed by atoms with E-state index in [0.717, 1.165) is 17.3 Å². The molecule has 0 aliphatic carbocycles. The van der Waals surface area contributed by atoms with Crippen molar-refractivity contribution in [1.29, 1.82) is 0 Å². The van der Waals surface area contributed by atoms with Gasteiger partial charge in [0, 0.05) is 10.6 Å². The summed E-state index contributed by atoms with van der Waals surface area (Å²) in [4.78, 5) is 15.5. The standard InChI is InChI=1S/C11H9ClN2O2S/c1-16-8-3-2-7(12)4-6(8)5-9-10(15)14-11(13)17-9/h2-5H,1H3,(H2,13,14,15). The highest BCUT2D eigenvalue weighted by molar-refractivity contribution is 8.18. The van der Waals surface area contributed by atoms with Gasteiger partial charge in [-0.05, 0) is 36.0 Å². The number of carbonyl (C=O) groups is 1. The Kier molecular flexibility index (Phi) is 3.40. The predicted molar refractivity (Wildman–Crippen MR) is 70.2 cm³/mol. The summed E-state index contributed by atoms with van der Waals surface area (Å²) >= 11 is 7.03. The van der Waals surface area contributed by atoms with Crippen molar-refractivity contribution in [3.63, 3.8) is 0 Å². The van der Waals surface area contributed by atoms with Gasteiger partial charge in [-0.3, -0.25) is 4.79 Å². The molecule has 0 aromatic heterocycles. The average Bonchev–Trinajstić information content (AvgIpc) is 2.58. The van der Waals surface area contributed by atoms with Crippen LogP contribution in [0.15, 0.2) is 28.1 Å². The number of hydrogen-bond donors (Lipinski definition) is 1. The van der Waals surface area contributed by atoms with Gasteiger partial charge >= 0.3 is 0 Å². The summed E-state index contributed by atoms with van der Waals surface area (Å²) in [5.74, 6) is 0.301. The molecule has 0 spiro atoms. The molecule has 2 rings (SSSR count). The van der Waals surface area contributed by atoms with Crippen LogP contribution < -0.4 is 10.5 Å². The smallest absolute Gasteiger partial charge is 0.286 e. The number of carbonyl (C=O) groups excluding carboxylic acids is 1. The molecule has 6 heteroatoms. The molecule has 1 aromatic rings. The van der Waals surface area contributed by atoms with Crippen molar-refractivity contribution in [1.82, 2.24) is 0 Å². The molecule has 0 atom stereocenters. The van der Waals surface area contributed by atoms with Gasteiger partial charge < -0.3 is 10.5 Å². The normalized spacial score (nSPS) is 17.4. The zero-order valence-electron chi connectivity index (χ0n) is 8.94. The number of nitrogens with zero attached hydrogens (tertiary/aromatic N) is 1. The molecule has 17 heavy (non-hydrogen) atoms. The van der Waals surface area contributed by atoms with Crippen LogP contribution in [0.5, 0.6) is 5.75 Å². The monoisotopic (exact) mass is 268 g/mol. The average molecular weight is 269 g/mol. The van der Waals surface area contributed by atoms with Crippen LogP contribution in [-0.4, -0.2) is 18.2 Å². The second-order valence-corrected chi connectivity index (χ2v) is 4.75. The Morgan fingerprint density at radius 1 is 1.53 bits per heavy atom. The van der Waals surface area contributed by atoms with Crippen molar-refractivity contribution >= 4 is 40.5 Å². The third kappa shape index (κ3) is 2.62. The van der Waals surface area contributed by atoms with Gasteiger partial charge in [0.15, 0.2) is 5.17 Å². The predicted octanol–water partition coefficient (Wildman–Crippen LogP) is 2.28. The summed E-state index contributed by atoms with van der Waals surface area (Å²) in [7, 11) is 1.56. The molecular formula is C11H9ClN2O2S. The maximum absolute atomic E-state index is 11.4. The molecule has 1 aromatic carbocycles. The molecule has 0 saturated carbocycles. The molecule has 0 unspecified atom stereocenters. The molecule has 0 saturated heterocycles. The number of aliphatic imine (C=N–C) groups is 1. The number of halogens is 1. The molecule has 0 fully saturated rings. The maximum atomic E-state index is 11.4. The van der Waals surface area contributed by atoms with Crippen LogP contribution in [0.1, 0.15) is 5.56 Å². The van der Waals surface area contributed by atoms with Crippen LogP contribution >= 0.6 is 23.4 Å². The van der Waals surface area contributed by atoms with E-state index in [1.54, 1.807) is 31.4 Å². The number of amides is 1. The lowest BCUT2D eigenvalue weighted by molar-refractivity contribution is -0.113. The highest BCUT2D eigenvalue weighted by Crippen LogP contribution is 2.30. The lowest BCUT2D eigenvalue weighted by Gasteiger charge is -2.05. The fourth-order valence-electron chi connectivity index (χ4n) is 1.38. The summed E-state index contributed by atoms with van der Waals surface area (Å²) in [6.45, 7) is 0. The lowest BCUT2D eigenvalue weighted by atomic mass is 10.2. The Hall–Kier alpha value is -1.46. The molecule has 4 nitrogen and oxygen atoms in total. The number of hydrogen-bond acceptors (Lipinski definition) is 4. The third-order valence-corrected chi connectivity index (χ3v) is 3.16. The first-order valence-corrected chi connectivity index (χ1v) is 5.91. The van der Waals surface area contributed by atoms with Crippen molar-refractivity contribution < 1.29 is 9.53 Å². The SMILES string of the molecule is COc1ccc(Cl)cc1C=C1SC(N)=NC1=O. The van der Waals surface area contributed by atoms with Crippen LogP contribution in [0.2, 0.25) is 5.02 Å². The minimum absolute atomic E-state index is 0.252. The van der Waals surface area contributed by atoms with Gasteiger partial charge in [0.1, 0.15) is 5.75 Å². The first-order chi connectivity index (χ1) is 8.10. The lowest BCUT2D eigenvalue weighted by Crippen LogP contribution is -2.01. The zero-order chi connectivity index (χ0) is 12.4. The number of rotatable bonds is 2. The first-order valence-electron chi connectivity index (χ1n) is 4.71. The Balaban J connectivity index is 2.39. The first kappa shape index (κ1) is 12.0. The van der Waals surface area contributed by atoms with Crippen LogP contribution in [0, 0.1) is 0 Å². The number of nitrogens with two attached hydrogens (primary N) is 1. The summed E-state index contributed by atoms with van der Waals surface area (Å²) in [6.07, 6.45) is 1.67. The highest BCUT2D eigenvalue weighted by atomic mass is 35.5. The van der Waals surface area contributed by atoms with Gasteiger partial charge in [-0.15, -0.1) is 0 Å². The fourth-order valence-corrected chi connectivity index (χ4v) is 2.24. The van der Waals surface area contributed by atoms with Gasteiger partial charge in [-0.1, -0.05) is 11.6 Å². The summed E-state index contributed by atoms with van der Waals surface area (Å²) < 4.78 is 5.18. The van der Waals surface area contributed by atoms with Crippen LogP contribution in [-0.2, 0) is 4.79 Å². The van der Waals surface area contributed by atoms with Gasteiger partial charge in [-0.2, -0.15) is 4.99 Å². The molecule has 0 radical (unpaired) electrons. The Labute approximate surface area is 107 Å². The van der Waals surface area contributed by atoms with E-state index >= 15 is 0 Å². The topological polar surface area (TPSA) is 64.7 Å². The minimum atomic E-state index is -0.338. The van der Waals surface area contributed by atoms with Gasteiger partial charge in [0.2, 0.25) is 0 Å². The Bertz CT molecular complexity index is 540. The molecule has 2 N–H and O–H groups in total. The zero-order valence-corrected chi connectivity index (χ0v) is 10.5. The molecule has 1 heterocycles. The van der Waals surface area contributed by atoms with Crippen LogP contribution in [0.4, 0.5) is 0 Å². The number of ether oxygens (including phenoxy) is 1. The Morgan fingerprint density at radius 3 is 2.88 bits per heavy atom. The van der Waals surface area contributed by atoms with E-state index in [1.807, 2.05) is 0 Å². The quantitative estimate of drug-likeness (QED) is 0.836. The van der Waals surface area contributed by atoms with Gasteiger partial charge in [-0.25, -0.2) is 0 Å². The maximum Gasteiger partial charge on any atom is 0.286 e. The largest absolute Gasteiger partial charge is 0.496 e. The summed E-state index contributed by atoms with van der Waals surface area (Å²) in [5.41, 5.74) is 6.19. The van der Waals surface area contributed by atoms with Crippen molar-refractivity contribution in [2.75, 3.05) is 7.11 Å². The number of amidine groups is 1. The third-order valence-electron chi connectivity index (χ3n) is 2.12. The van der Waals surface area contributed by atoms with E-state index in [1.165, 1.54) is 0 Å². The number of thioether (sulfide) groups is 1. The summed E-state index contributed by atoms with van der Waals surface area (Å²) in [6, 6.07) is 5.18. The van der Waals surface area contributed by atoms with Crippen molar-refractivity contribution in [3.05, 3.63) is 33.7 Å². The van der Waals surface area contributed by atoms with Gasteiger partial charge in [0.05, 0.1) is 12.0 Å².